The lowest BCUT2D eigenvalue weighted by Crippen LogP contribution is -2.26. The number of aromatic nitrogens is 1. The molecule has 1 aliphatic carbocycles. The van der Waals surface area contributed by atoms with E-state index in [1.807, 2.05) is 0 Å². The highest BCUT2D eigenvalue weighted by atomic mass is 19.4. The van der Waals surface area contributed by atoms with Crippen LogP contribution in [0.5, 0.6) is 0 Å². The monoisotopic (exact) mass is 272 g/mol. The Hall–Kier alpha value is -1.26. The molecule has 1 aromatic rings. The zero-order valence-corrected chi connectivity index (χ0v) is 11.0. The molecule has 0 amide bonds. The van der Waals surface area contributed by atoms with Crippen molar-refractivity contribution in [2.45, 2.75) is 51.2 Å². The van der Waals surface area contributed by atoms with Crippen LogP contribution in [-0.2, 0) is 6.18 Å². The molecule has 0 saturated heterocycles. The number of halogens is 3. The predicted molar refractivity (Wildman–Crippen MR) is 68.9 cm³/mol. The maximum absolute atomic E-state index is 12.6. The van der Waals surface area contributed by atoms with Crippen molar-refractivity contribution in [2.75, 3.05) is 5.32 Å². The van der Waals surface area contributed by atoms with E-state index in [1.165, 1.54) is 12.5 Å². The van der Waals surface area contributed by atoms with Crippen LogP contribution in [0, 0.1) is 5.92 Å². The Morgan fingerprint density at radius 3 is 2.47 bits per heavy atom. The molecular weight excluding hydrogens is 253 g/mol. The van der Waals surface area contributed by atoms with Gasteiger partial charge in [0.25, 0.3) is 0 Å². The lowest BCUT2D eigenvalue weighted by molar-refractivity contribution is -0.141. The first-order valence-electron chi connectivity index (χ1n) is 6.80. The molecule has 0 unspecified atom stereocenters. The smallest absolute Gasteiger partial charge is 0.367 e. The van der Waals surface area contributed by atoms with Crippen LogP contribution in [-0.4, -0.2) is 11.0 Å². The van der Waals surface area contributed by atoms with Gasteiger partial charge in [-0.1, -0.05) is 19.4 Å². The minimum Gasteiger partial charge on any atom is -0.367 e. The predicted octanol–water partition coefficient (Wildman–Crippen LogP) is 4.48. The van der Waals surface area contributed by atoms with Gasteiger partial charge in [0.2, 0.25) is 0 Å². The molecule has 0 aromatic carbocycles. The fourth-order valence-corrected chi connectivity index (χ4v) is 2.60. The quantitative estimate of drug-likeness (QED) is 0.877. The number of rotatable bonds is 3. The summed E-state index contributed by atoms with van der Waals surface area (Å²) in [6.07, 6.45) is 1.12. The summed E-state index contributed by atoms with van der Waals surface area (Å²) in [7, 11) is 0. The van der Waals surface area contributed by atoms with Crippen molar-refractivity contribution in [1.82, 2.24) is 4.98 Å². The zero-order chi connectivity index (χ0) is 13.9. The lowest BCUT2D eigenvalue weighted by atomic mass is 9.84. The molecule has 0 aliphatic heterocycles. The second kappa shape index (κ2) is 5.80. The topological polar surface area (TPSA) is 24.9 Å². The Bertz CT molecular complexity index is 409. The number of anilines is 1. The summed E-state index contributed by atoms with van der Waals surface area (Å²) in [6.45, 7) is 2.19. The summed E-state index contributed by atoms with van der Waals surface area (Å²) >= 11 is 0. The number of hydrogen-bond donors (Lipinski definition) is 1. The highest BCUT2D eigenvalue weighted by Gasteiger charge is 2.32. The third-order valence-corrected chi connectivity index (χ3v) is 3.82. The highest BCUT2D eigenvalue weighted by Crippen LogP contribution is 2.30. The summed E-state index contributed by atoms with van der Waals surface area (Å²) in [5.74, 6) is 1.10. The summed E-state index contributed by atoms with van der Waals surface area (Å²) in [5, 5.41) is 3.13. The van der Waals surface area contributed by atoms with Crippen molar-refractivity contribution in [1.29, 1.82) is 0 Å². The van der Waals surface area contributed by atoms with Gasteiger partial charge < -0.3 is 5.32 Å². The number of nitrogens with one attached hydrogen (secondary N) is 1. The highest BCUT2D eigenvalue weighted by molar-refractivity contribution is 5.37. The van der Waals surface area contributed by atoms with E-state index in [-0.39, 0.29) is 6.04 Å². The van der Waals surface area contributed by atoms with E-state index >= 15 is 0 Å². The molecule has 0 bridgehead atoms. The molecule has 1 fully saturated rings. The molecule has 106 valence electrons. The normalized spacial score (nSPS) is 24.2. The third-order valence-electron chi connectivity index (χ3n) is 3.82. The summed E-state index contributed by atoms with van der Waals surface area (Å²) < 4.78 is 37.7. The van der Waals surface area contributed by atoms with Crippen molar-refractivity contribution < 1.29 is 13.2 Å². The van der Waals surface area contributed by atoms with Gasteiger partial charge in [0.15, 0.2) is 0 Å². The van der Waals surface area contributed by atoms with Gasteiger partial charge in [0, 0.05) is 6.04 Å². The number of pyridine rings is 1. The summed E-state index contributed by atoms with van der Waals surface area (Å²) in [5.41, 5.74) is -0.834. The molecule has 1 aliphatic rings. The molecular formula is C14H19F3N2. The average Bonchev–Trinajstić information content (AvgIpc) is 2.39. The first kappa shape index (κ1) is 14.2. The van der Waals surface area contributed by atoms with E-state index in [0.717, 1.165) is 37.7 Å². The van der Waals surface area contributed by atoms with Crippen LogP contribution in [0.25, 0.3) is 0 Å². The van der Waals surface area contributed by atoms with E-state index in [1.54, 1.807) is 6.07 Å². The van der Waals surface area contributed by atoms with Crippen LogP contribution < -0.4 is 5.32 Å². The largest absolute Gasteiger partial charge is 0.433 e. The van der Waals surface area contributed by atoms with Crippen LogP contribution in [0.15, 0.2) is 18.2 Å². The molecule has 5 heteroatoms. The Morgan fingerprint density at radius 2 is 1.89 bits per heavy atom. The first-order valence-corrected chi connectivity index (χ1v) is 6.80. The van der Waals surface area contributed by atoms with Crippen LogP contribution >= 0.6 is 0 Å². The SMILES string of the molecule is CCC1CCC(Nc2cccc(C(F)(F)F)n2)CC1. The minimum absolute atomic E-state index is 0.249. The molecule has 0 spiro atoms. The van der Waals surface area contributed by atoms with Crippen molar-refractivity contribution >= 4 is 5.82 Å². The summed E-state index contributed by atoms with van der Waals surface area (Å²) in [6, 6.07) is 4.25. The van der Waals surface area contributed by atoms with Gasteiger partial charge in [-0.25, -0.2) is 4.98 Å². The van der Waals surface area contributed by atoms with Crippen molar-refractivity contribution in [2.24, 2.45) is 5.92 Å². The van der Waals surface area contributed by atoms with Gasteiger partial charge in [-0.15, -0.1) is 0 Å². The molecule has 0 radical (unpaired) electrons. The van der Waals surface area contributed by atoms with Gasteiger partial charge >= 0.3 is 6.18 Å². The van der Waals surface area contributed by atoms with Gasteiger partial charge in [-0.3, -0.25) is 0 Å². The molecule has 1 saturated carbocycles. The van der Waals surface area contributed by atoms with E-state index in [2.05, 4.69) is 17.2 Å². The Kier molecular flexibility index (Phi) is 4.32. The van der Waals surface area contributed by atoms with Gasteiger partial charge in [-0.2, -0.15) is 13.2 Å². The minimum atomic E-state index is -4.38. The maximum Gasteiger partial charge on any atom is 0.433 e. The number of nitrogens with zero attached hydrogens (tertiary/aromatic N) is 1. The van der Waals surface area contributed by atoms with E-state index in [0.29, 0.717) is 5.82 Å². The second-order valence-corrected chi connectivity index (χ2v) is 5.18. The van der Waals surface area contributed by atoms with E-state index in [9.17, 15) is 13.2 Å². The van der Waals surface area contributed by atoms with Crippen LogP contribution in [0.3, 0.4) is 0 Å². The standard InChI is InChI=1S/C14H19F3N2/c1-2-10-6-8-11(9-7-10)18-13-5-3-4-12(19-13)14(15,16)17/h3-5,10-11H,2,6-9H2,1H3,(H,18,19). The van der Waals surface area contributed by atoms with Gasteiger partial charge in [0.05, 0.1) is 0 Å². The van der Waals surface area contributed by atoms with Gasteiger partial charge in [0.1, 0.15) is 11.5 Å². The van der Waals surface area contributed by atoms with E-state index in [4.69, 9.17) is 0 Å². The second-order valence-electron chi connectivity index (χ2n) is 5.18. The van der Waals surface area contributed by atoms with Crippen molar-refractivity contribution in [3.63, 3.8) is 0 Å². The number of hydrogen-bond acceptors (Lipinski definition) is 2. The fourth-order valence-electron chi connectivity index (χ4n) is 2.60. The summed E-state index contributed by atoms with van der Waals surface area (Å²) in [4.78, 5) is 3.64. The first-order chi connectivity index (χ1) is 8.99. The fraction of sp³-hybridized carbons (Fsp3) is 0.643. The Morgan fingerprint density at radius 1 is 1.21 bits per heavy atom. The third kappa shape index (κ3) is 3.85. The van der Waals surface area contributed by atoms with Crippen molar-refractivity contribution in [3.8, 4) is 0 Å². The van der Waals surface area contributed by atoms with Crippen LogP contribution in [0.4, 0.5) is 19.0 Å². The molecule has 19 heavy (non-hydrogen) atoms. The number of alkyl halides is 3. The van der Waals surface area contributed by atoms with Gasteiger partial charge in [-0.05, 0) is 43.7 Å². The zero-order valence-electron chi connectivity index (χ0n) is 11.0. The molecule has 2 nitrogen and oxygen atoms in total. The molecule has 0 atom stereocenters. The van der Waals surface area contributed by atoms with Crippen molar-refractivity contribution in [3.05, 3.63) is 23.9 Å². The molecule has 1 heterocycles. The Labute approximate surface area is 111 Å². The molecule has 1 aromatic heterocycles. The van der Waals surface area contributed by atoms with Crippen LogP contribution in [0.1, 0.15) is 44.7 Å². The maximum atomic E-state index is 12.6. The average molecular weight is 272 g/mol. The Balaban J connectivity index is 1.97. The molecule has 1 N–H and O–H groups in total. The van der Waals surface area contributed by atoms with E-state index < -0.39 is 11.9 Å². The molecule has 2 rings (SSSR count). The van der Waals surface area contributed by atoms with Crippen LogP contribution in [0.2, 0.25) is 0 Å². The lowest BCUT2D eigenvalue weighted by Gasteiger charge is -2.28.